The number of hydrogen-bond donors (Lipinski definition) is 0. The van der Waals surface area contributed by atoms with Crippen molar-refractivity contribution in [2.24, 2.45) is 0 Å². The summed E-state index contributed by atoms with van der Waals surface area (Å²) in [7, 11) is 0. The maximum absolute atomic E-state index is 4.84. The Labute approximate surface area is 142 Å². The van der Waals surface area contributed by atoms with E-state index < -0.39 is 0 Å². The third-order valence-corrected chi connectivity index (χ3v) is 5.06. The van der Waals surface area contributed by atoms with Crippen molar-refractivity contribution >= 4 is 11.8 Å². The number of nitrogens with zero attached hydrogens (tertiary/aromatic N) is 2. The van der Waals surface area contributed by atoms with Crippen molar-refractivity contribution < 1.29 is 0 Å². The molecule has 1 aromatic heterocycles. The van der Waals surface area contributed by atoms with Gasteiger partial charge in [0.2, 0.25) is 0 Å². The molecular weight excluding hydrogens is 300 g/mol. The lowest BCUT2D eigenvalue weighted by Crippen LogP contribution is -2.03. The van der Waals surface area contributed by atoms with Crippen molar-refractivity contribution in [3.8, 4) is 11.4 Å². The number of rotatable bonds is 6. The van der Waals surface area contributed by atoms with Crippen molar-refractivity contribution in [3.05, 3.63) is 84.2 Å². The molecule has 0 aliphatic rings. The van der Waals surface area contributed by atoms with E-state index in [2.05, 4.69) is 54.4 Å². The summed E-state index contributed by atoms with van der Waals surface area (Å²) in [6.07, 6.45) is 3.03. The van der Waals surface area contributed by atoms with Gasteiger partial charge in [0.1, 0.15) is 0 Å². The lowest BCUT2D eigenvalue weighted by Gasteiger charge is -2.17. The van der Waals surface area contributed by atoms with Crippen LogP contribution in [0.1, 0.15) is 29.9 Å². The minimum absolute atomic E-state index is 0.251. The Bertz CT molecular complexity index is 729. The number of thioether (sulfide) groups is 1. The summed E-state index contributed by atoms with van der Waals surface area (Å²) in [6, 6.07) is 22.8. The molecule has 0 radical (unpaired) electrons. The Morgan fingerprint density at radius 2 is 1.61 bits per heavy atom. The van der Waals surface area contributed by atoms with E-state index >= 15 is 0 Å². The van der Waals surface area contributed by atoms with Crippen LogP contribution >= 0.6 is 11.8 Å². The van der Waals surface area contributed by atoms with E-state index in [1.54, 1.807) is 0 Å². The van der Waals surface area contributed by atoms with Gasteiger partial charge in [-0.25, -0.2) is 9.97 Å². The summed E-state index contributed by atoms with van der Waals surface area (Å²) in [4.78, 5) is 9.29. The number of hydrogen-bond acceptors (Lipinski definition) is 3. The maximum atomic E-state index is 4.84. The van der Waals surface area contributed by atoms with Crippen molar-refractivity contribution in [2.45, 2.75) is 18.6 Å². The van der Waals surface area contributed by atoms with Crippen LogP contribution in [0.2, 0.25) is 0 Å². The molecule has 23 heavy (non-hydrogen) atoms. The second-order valence-corrected chi connectivity index (χ2v) is 6.55. The number of benzene rings is 2. The molecule has 0 saturated carbocycles. The first kappa shape index (κ1) is 15.8. The minimum Gasteiger partial charge on any atom is -0.237 e. The molecule has 1 atom stereocenters. The van der Waals surface area contributed by atoms with Crippen LogP contribution in [-0.4, -0.2) is 15.7 Å². The molecule has 1 unspecified atom stereocenters. The molecule has 0 N–H and O–H groups in total. The third kappa shape index (κ3) is 3.99. The second kappa shape index (κ2) is 7.93. The molecular formula is C20H20N2S. The van der Waals surface area contributed by atoms with Crippen LogP contribution < -0.4 is 0 Å². The van der Waals surface area contributed by atoms with Crippen LogP contribution in [0, 0.1) is 0 Å². The van der Waals surface area contributed by atoms with E-state index in [-0.39, 0.29) is 5.25 Å². The van der Waals surface area contributed by atoms with Gasteiger partial charge in [-0.1, -0.05) is 67.6 Å². The van der Waals surface area contributed by atoms with Crippen molar-refractivity contribution in [2.75, 3.05) is 5.75 Å². The monoisotopic (exact) mass is 320 g/mol. The summed E-state index contributed by atoms with van der Waals surface area (Å²) in [5.41, 5.74) is 3.42. The molecule has 0 aliphatic heterocycles. The first-order valence-electron chi connectivity index (χ1n) is 7.93. The Morgan fingerprint density at radius 3 is 2.30 bits per heavy atom. The quantitative estimate of drug-likeness (QED) is 0.610. The Balaban J connectivity index is 1.96. The molecule has 3 heteroatoms. The van der Waals surface area contributed by atoms with E-state index in [4.69, 9.17) is 4.98 Å². The third-order valence-electron chi connectivity index (χ3n) is 3.57. The highest BCUT2D eigenvalue weighted by Crippen LogP contribution is 2.35. The van der Waals surface area contributed by atoms with Crippen molar-refractivity contribution in [1.29, 1.82) is 0 Å². The first-order chi connectivity index (χ1) is 11.4. The Hall–Kier alpha value is -2.13. The molecule has 0 saturated heterocycles. The van der Waals surface area contributed by atoms with Gasteiger partial charge in [-0.3, -0.25) is 0 Å². The molecule has 1 heterocycles. The molecule has 3 aromatic rings. The summed E-state index contributed by atoms with van der Waals surface area (Å²) in [5.74, 6) is 1.91. The largest absolute Gasteiger partial charge is 0.237 e. The average molecular weight is 320 g/mol. The van der Waals surface area contributed by atoms with Gasteiger partial charge < -0.3 is 0 Å². The molecule has 0 aliphatic carbocycles. The topological polar surface area (TPSA) is 25.8 Å². The second-order valence-electron chi connectivity index (χ2n) is 5.33. The van der Waals surface area contributed by atoms with Gasteiger partial charge >= 0.3 is 0 Å². The molecule has 2 nitrogen and oxygen atoms in total. The van der Waals surface area contributed by atoms with Crippen LogP contribution in [0.4, 0.5) is 0 Å². The summed E-state index contributed by atoms with van der Waals surface area (Å²) in [6.45, 7) is 2.21. The molecule has 0 spiro atoms. The van der Waals surface area contributed by atoms with E-state index in [0.29, 0.717) is 0 Å². The van der Waals surface area contributed by atoms with Gasteiger partial charge in [-0.2, -0.15) is 0 Å². The highest BCUT2D eigenvalue weighted by Gasteiger charge is 2.16. The normalized spacial score (nSPS) is 12.0. The molecule has 3 rings (SSSR count). The van der Waals surface area contributed by atoms with Crippen LogP contribution in [-0.2, 0) is 0 Å². The molecule has 0 fully saturated rings. The van der Waals surface area contributed by atoms with E-state index in [1.165, 1.54) is 5.56 Å². The SMILES string of the molecule is CCCSC(c1ccccc1)c1ccnc(-c2ccccc2)n1. The minimum atomic E-state index is 0.251. The molecule has 116 valence electrons. The van der Waals surface area contributed by atoms with Gasteiger partial charge in [0.15, 0.2) is 5.82 Å². The highest BCUT2D eigenvalue weighted by molar-refractivity contribution is 7.99. The van der Waals surface area contributed by atoms with E-state index in [0.717, 1.165) is 29.3 Å². The zero-order valence-electron chi connectivity index (χ0n) is 13.2. The van der Waals surface area contributed by atoms with Crippen LogP contribution in [0.15, 0.2) is 72.9 Å². The van der Waals surface area contributed by atoms with E-state index in [9.17, 15) is 0 Å². The fraction of sp³-hybridized carbons (Fsp3) is 0.200. The fourth-order valence-electron chi connectivity index (χ4n) is 2.46. The maximum Gasteiger partial charge on any atom is 0.159 e. The van der Waals surface area contributed by atoms with E-state index in [1.807, 2.05) is 42.2 Å². The lowest BCUT2D eigenvalue weighted by atomic mass is 10.1. The predicted octanol–water partition coefficient (Wildman–Crippen LogP) is 5.38. The number of aromatic nitrogens is 2. The fourth-order valence-corrected chi connectivity index (χ4v) is 3.58. The molecule has 0 bridgehead atoms. The standard InChI is InChI=1S/C20H20N2S/c1-2-15-23-19(16-9-5-3-6-10-16)18-13-14-21-20(22-18)17-11-7-4-8-12-17/h3-14,19H,2,15H2,1H3. The van der Waals surface area contributed by atoms with Crippen molar-refractivity contribution in [3.63, 3.8) is 0 Å². The zero-order chi connectivity index (χ0) is 15.9. The smallest absolute Gasteiger partial charge is 0.159 e. The van der Waals surface area contributed by atoms with Gasteiger partial charge in [-0.05, 0) is 23.8 Å². The van der Waals surface area contributed by atoms with Gasteiger partial charge in [-0.15, -0.1) is 11.8 Å². The summed E-state index contributed by atoms with van der Waals surface area (Å²) < 4.78 is 0. The molecule has 0 amide bonds. The lowest BCUT2D eigenvalue weighted by molar-refractivity contribution is 1.01. The Kier molecular flexibility index (Phi) is 5.43. The first-order valence-corrected chi connectivity index (χ1v) is 8.98. The summed E-state index contributed by atoms with van der Waals surface area (Å²) in [5, 5.41) is 0.251. The molecule has 2 aromatic carbocycles. The predicted molar refractivity (Wildman–Crippen MR) is 98.5 cm³/mol. The average Bonchev–Trinajstić information content (AvgIpc) is 2.64. The summed E-state index contributed by atoms with van der Waals surface area (Å²) >= 11 is 1.94. The zero-order valence-corrected chi connectivity index (χ0v) is 14.0. The Morgan fingerprint density at radius 1 is 0.913 bits per heavy atom. The highest BCUT2D eigenvalue weighted by atomic mass is 32.2. The van der Waals surface area contributed by atoms with Gasteiger partial charge in [0.05, 0.1) is 10.9 Å². The van der Waals surface area contributed by atoms with Crippen LogP contribution in [0.3, 0.4) is 0 Å². The van der Waals surface area contributed by atoms with Crippen LogP contribution in [0.5, 0.6) is 0 Å². The van der Waals surface area contributed by atoms with Crippen LogP contribution in [0.25, 0.3) is 11.4 Å². The van der Waals surface area contributed by atoms with Gasteiger partial charge in [0.25, 0.3) is 0 Å². The van der Waals surface area contributed by atoms with Gasteiger partial charge in [0, 0.05) is 11.8 Å². The van der Waals surface area contributed by atoms with Crippen molar-refractivity contribution in [1.82, 2.24) is 9.97 Å².